The summed E-state index contributed by atoms with van der Waals surface area (Å²) in [6, 6.07) is 6.38. The molecule has 0 spiro atoms. The zero-order chi connectivity index (χ0) is 15.2. The van der Waals surface area contributed by atoms with Gasteiger partial charge in [0, 0.05) is 26.3 Å². The van der Waals surface area contributed by atoms with Gasteiger partial charge in [-0.3, -0.25) is 4.79 Å². The Bertz CT molecular complexity index is 530. The molecule has 1 aliphatic rings. The number of rotatable bonds is 5. The molecular weight excluding hydrogens is 270 g/mol. The summed E-state index contributed by atoms with van der Waals surface area (Å²) >= 11 is 0. The lowest BCUT2D eigenvalue weighted by molar-refractivity contribution is -0.126. The Hall–Kier alpha value is -2.14. The molecule has 1 N–H and O–H groups in total. The molecule has 5 heteroatoms. The molecular formula is C16H19NO4. The first kappa shape index (κ1) is 15.3. The maximum Gasteiger partial charge on any atom is 0.335 e. The molecule has 1 aliphatic heterocycles. The number of benzene rings is 1. The smallest absolute Gasteiger partial charge is 0.335 e. The normalized spacial score (nSPS) is 18.0. The van der Waals surface area contributed by atoms with Crippen LogP contribution >= 0.6 is 0 Å². The van der Waals surface area contributed by atoms with Gasteiger partial charge < -0.3 is 14.7 Å². The summed E-state index contributed by atoms with van der Waals surface area (Å²) in [6.45, 7) is 1.37. The van der Waals surface area contributed by atoms with Gasteiger partial charge in [-0.05, 0) is 36.6 Å². The largest absolute Gasteiger partial charge is 0.478 e. The third kappa shape index (κ3) is 4.43. The molecule has 0 radical (unpaired) electrons. The van der Waals surface area contributed by atoms with Crippen LogP contribution in [0, 0.1) is 0 Å². The topological polar surface area (TPSA) is 66.8 Å². The summed E-state index contributed by atoms with van der Waals surface area (Å²) < 4.78 is 5.50. The fourth-order valence-corrected chi connectivity index (χ4v) is 2.22. The summed E-state index contributed by atoms with van der Waals surface area (Å²) in [5.41, 5.74) is 1.02. The lowest BCUT2D eigenvalue weighted by atomic mass is 10.1. The van der Waals surface area contributed by atoms with Crippen molar-refractivity contribution in [3.05, 3.63) is 41.5 Å². The van der Waals surface area contributed by atoms with Gasteiger partial charge in [-0.1, -0.05) is 12.1 Å². The fourth-order valence-electron chi connectivity index (χ4n) is 2.22. The van der Waals surface area contributed by atoms with E-state index in [1.165, 1.54) is 18.2 Å². The predicted octanol–water partition coefficient (Wildman–Crippen LogP) is 2.04. The molecule has 1 unspecified atom stereocenters. The monoisotopic (exact) mass is 289 g/mol. The number of carboxylic acid groups (broad SMARTS) is 1. The number of ether oxygens (including phenoxy) is 1. The first-order chi connectivity index (χ1) is 10.1. The van der Waals surface area contributed by atoms with Crippen LogP contribution in [0.1, 0.15) is 28.8 Å². The third-order valence-corrected chi connectivity index (χ3v) is 3.45. The summed E-state index contributed by atoms with van der Waals surface area (Å²) in [5, 5.41) is 8.81. The molecule has 0 saturated carbocycles. The number of carboxylic acids is 1. The van der Waals surface area contributed by atoms with Gasteiger partial charge in [0.2, 0.25) is 5.91 Å². The Kier molecular flexibility index (Phi) is 5.11. The van der Waals surface area contributed by atoms with Crippen molar-refractivity contribution in [2.75, 3.05) is 20.2 Å². The molecule has 2 rings (SSSR count). The zero-order valence-electron chi connectivity index (χ0n) is 12.0. The Labute approximate surface area is 123 Å². The van der Waals surface area contributed by atoms with Crippen molar-refractivity contribution in [1.29, 1.82) is 0 Å². The van der Waals surface area contributed by atoms with Crippen LogP contribution < -0.4 is 0 Å². The van der Waals surface area contributed by atoms with Crippen LogP contribution in [-0.2, 0) is 9.53 Å². The molecule has 1 aromatic carbocycles. The van der Waals surface area contributed by atoms with Crippen LogP contribution in [0.3, 0.4) is 0 Å². The van der Waals surface area contributed by atoms with Gasteiger partial charge in [-0.2, -0.15) is 0 Å². The minimum atomic E-state index is -0.960. The van der Waals surface area contributed by atoms with Crippen molar-refractivity contribution in [2.45, 2.75) is 18.9 Å². The second kappa shape index (κ2) is 7.04. The maximum atomic E-state index is 12.0. The number of hydrogen-bond acceptors (Lipinski definition) is 3. The van der Waals surface area contributed by atoms with Crippen LogP contribution in [0.2, 0.25) is 0 Å². The lowest BCUT2D eigenvalue weighted by Crippen LogP contribution is -2.32. The van der Waals surface area contributed by atoms with Gasteiger partial charge in [0.15, 0.2) is 0 Å². The fraction of sp³-hybridized carbons (Fsp3) is 0.375. The number of amides is 1. The van der Waals surface area contributed by atoms with Gasteiger partial charge >= 0.3 is 5.97 Å². The molecule has 0 bridgehead atoms. The van der Waals surface area contributed by atoms with Crippen molar-refractivity contribution in [1.82, 2.24) is 4.90 Å². The van der Waals surface area contributed by atoms with E-state index >= 15 is 0 Å². The van der Waals surface area contributed by atoms with Crippen molar-refractivity contribution >= 4 is 18.0 Å². The van der Waals surface area contributed by atoms with E-state index in [0.29, 0.717) is 6.54 Å². The minimum absolute atomic E-state index is 0.0900. The van der Waals surface area contributed by atoms with E-state index in [1.807, 2.05) is 0 Å². The Morgan fingerprint density at radius 1 is 1.38 bits per heavy atom. The summed E-state index contributed by atoms with van der Waals surface area (Å²) in [6.07, 6.45) is 5.36. The summed E-state index contributed by atoms with van der Waals surface area (Å²) in [5.74, 6) is -1.05. The highest BCUT2D eigenvalue weighted by atomic mass is 16.5. The van der Waals surface area contributed by atoms with Gasteiger partial charge in [-0.15, -0.1) is 0 Å². The molecule has 1 fully saturated rings. The Balaban J connectivity index is 1.89. The van der Waals surface area contributed by atoms with E-state index in [1.54, 1.807) is 30.2 Å². The van der Waals surface area contributed by atoms with Crippen LogP contribution in [0.25, 0.3) is 6.08 Å². The quantitative estimate of drug-likeness (QED) is 0.842. The highest BCUT2D eigenvalue weighted by Crippen LogP contribution is 2.13. The van der Waals surface area contributed by atoms with E-state index in [9.17, 15) is 9.59 Å². The van der Waals surface area contributed by atoms with E-state index in [-0.39, 0.29) is 17.6 Å². The second-order valence-corrected chi connectivity index (χ2v) is 5.11. The Morgan fingerprint density at radius 2 is 2.10 bits per heavy atom. The van der Waals surface area contributed by atoms with Gasteiger partial charge in [0.25, 0.3) is 0 Å². The number of likely N-dealkylation sites (N-methyl/N-ethyl adjacent to an activating group) is 1. The maximum absolute atomic E-state index is 12.0. The molecule has 1 amide bonds. The molecule has 21 heavy (non-hydrogen) atoms. The van der Waals surface area contributed by atoms with Crippen LogP contribution in [0.15, 0.2) is 30.3 Å². The number of nitrogens with zero attached hydrogens (tertiary/aromatic N) is 1. The first-order valence-corrected chi connectivity index (χ1v) is 6.94. The number of aromatic carboxylic acids is 1. The van der Waals surface area contributed by atoms with Gasteiger partial charge in [-0.25, -0.2) is 4.79 Å². The minimum Gasteiger partial charge on any atom is -0.478 e. The first-order valence-electron chi connectivity index (χ1n) is 6.94. The lowest BCUT2D eigenvalue weighted by Gasteiger charge is -2.19. The Morgan fingerprint density at radius 3 is 2.67 bits per heavy atom. The van der Waals surface area contributed by atoms with E-state index in [4.69, 9.17) is 9.84 Å². The number of carbonyl (C=O) groups is 2. The average Bonchev–Trinajstić information content (AvgIpc) is 2.98. The average molecular weight is 289 g/mol. The summed E-state index contributed by atoms with van der Waals surface area (Å²) in [7, 11) is 1.75. The molecule has 0 aliphatic carbocycles. The third-order valence-electron chi connectivity index (χ3n) is 3.45. The highest BCUT2D eigenvalue weighted by molar-refractivity contribution is 5.92. The highest BCUT2D eigenvalue weighted by Gasteiger charge is 2.18. The second-order valence-electron chi connectivity index (χ2n) is 5.11. The predicted molar refractivity (Wildman–Crippen MR) is 79.0 cm³/mol. The molecule has 5 nitrogen and oxygen atoms in total. The zero-order valence-corrected chi connectivity index (χ0v) is 12.0. The van der Waals surface area contributed by atoms with E-state index in [2.05, 4.69) is 0 Å². The van der Waals surface area contributed by atoms with Crippen molar-refractivity contribution in [3.8, 4) is 0 Å². The van der Waals surface area contributed by atoms with Crippen LogP contribution in [-0.4, -0.2) is 48.2 Å². The van der Waals surface area contributed by atoms with E-state index < -0.39 is 5.97 Å². The molecule has 1 saturated heterocycles. The van der Waals surface area contributed by atoms with Gasteiger partial charge in [0.1, 0.15) is 0 Å². The SMILES string of the molecule is CN(CC1CCCO1)C(=O)C=Cc1ccc(C(=O)O)cc1. The molecule has 1 aromatic rings. The molecule has 1 heterocycles. The van der Waals surface area contributed by atoms with Crippen LogP contribution in [0.5, 0.6) is 0 Å². The van der Waals surface area contributed by atoms with Crippen molar-refractivity contribution < 1.29 is 19.4 Å². The van der Waals surface area contributed by atoms with Crippen molar-refractivity contribution in [2.24, 2.45) is 0 Å². The molecule has 0 aromatic heterocycles. The number of carbonyl (C=O) groups excluding carboxylic acids is 1. The molecule has 112 valence electrons. The van der Waals surface area contributed by atoms with Crippen LogP contribution in [0.4, 0.5) is 0 Å². The molecule has 1 atom stereocenters. The van der Waals surface area contributed by atoms with Crippen molar-refractivity contribution in [3.63, 3.8) is 0 Å². The van der Waals surface area contributed by atoms with E-state index in [0.717, 1.165) is 25.0 Å². The number of hydrogen-bond donors (Lipinski definition) is 1. The standard InChI is InChI=1S/C16H19NO4/c1-17(11-14-3-2-10-21-14)15(18)9-6-12-4-7-13(8-5-12)16(19)20/h4-9,14H,2-3,10-11H2,1H3,(H,19,20). The summed E-state index contributed by atoms with van der Waals surface area (Å²) in [4.78, 5) is 24.3. The van der Waals surface area contributed by atoms with Gasteiger partial charge in [0.05, 0.1) is 11.7 Å².